The molecule has 0 fully saturated rings. The van der Waals surface area contributed by atoms with Gasteiger partial charge < -0.3 is 0 Å². The first kappa shape index (κ1) is 12.1. The zero-order valence-electron chi connectivity index (χ0n) is 10.8. The Morgan fingerprint density at radius 3 is 1.74 bits per heavy atom. The van der Waals surface area contributed by atoms with Gasteiger partial charge in [0.15, 0.2) is 0 Å². The number of aryl methyl sites for hydroxylation is 1. The molecule has 0 aliphatic rings. The molecule has 0 saturated heterocycles. The summed E-state index contributed by atoms with van der Waals surface area (Å²) in [5.74, 6) is 0. The average molecular weight is 266 g/mol. The van der Waals surface area contributed by atoms with Crippen LogP contribution in [-0.2, 0) is 7.05 Å². The van der Waals surface area contributed by atoms with Crippen LogP contribution >= 0.6 is 7.92 Å². The normalized spacial score (nSPS) is 10.8. The van der Waals surface area contributed by atoms with Crippen molar-refractivity contribution in [1.82, 2.24) is 9.78 Å². The quantitative estimate of drug-likeness (QED) is 0.664. The van der Waals surface area contributed by atoms with E-state index in [4.69, 9.17) is 0 Å². The molecule has 1 heterocycles. The van der Waals surface area contributed by atoms with Crippen LogP contribution in [-0.4, -0.2) is 9.78 Å². The Morgan fingerprint density at radius 2 is 1.32 bits per heavy atom. The van der Waals surface area contributed by atoms with Crippen molar-refractivity contribution in [3.63, 3.8) is 0 Å². The Morgan fingerprint density at radius 1 is 0.789 bits per heavy atom. The summed E-state index contributed by atoms with van der Waals surface area (Å²) in [4.78, 5) is 0. The highest BCUT2D eigenvalue weighted by Crippen LogP contribution is 2.31. The molecule has 3 aromatic rings. The zero-order chi connectivity index (χ0) is 13.1. The molecule has 0 spiro atoms. The SMILES string of the molecule is Cn1cc(P(c2ccccc2)c2ccccc2)cn1. The molecule has 0 unspecified atom stereocenters. The molecule has 0 bridgehead atoms. The van der Waals surface area contributed by atoms with Crippen LogP contribution in [0.2, 0.25) is 0 Å². The van der Waals surface area contributed by atoms with Gasteiger partial charge in [-0.3, -0.25) is 4.68 Å². The second kappa shape index (κ2) is 5.38. The second-order valence-electron chi connectivity index (χ2n) is 4.38. The van der Waals surface area contributed by atoms with E-state index < -0.39 is 7.92 Å². The number of benzene rings is 2. The summed E-state index contributed by atoms with van der Waals surface area (Å²) < 4.78 is 1.87. The Balaban J connectivity index is 2.11. The monoisotopic (exact) mass is 266 g/mol. The van der Waals surface area contributed by atoms with E-state index in [9.17, 15) is 0 Å². The molecule has 0 aliphatic heterocycles. The molecule has 0 atom stereocenters. The molecule has 1 aromatic heterocycles. The van der Waals surface area contributed by atoms with Crippen molar-refractivity contribution in [3.05, 3.63) is 73.1 Å². The topological polar surface area (TPSA) is 17.8 Å². The molecule has 0 amide bonds. The molecule has 3 heteroatoms. The van der Waals surface area contributed by atoms with Crippen molar-refractivity contribution < 1.29 is 0 Å². The average Bonchev–Trinajstić information content (AvgIpc) is 2.88. The maximum Gasteiger partial charge on any atom is 0.0573 e. The van der Waals surface area contributed by atoms with Crippen molar-refractivity contribution in [2.45, 2.75) is 0 Å². The summed E-state index contributed by atoms with van der Waals surface area (Å²) in [5, 5.41) is 8.32. The van der Waals surface area contributed by atoms with E-state index in [1.807, 2.05) is 17.9 Å². The molecule has 3 rings (SSSR count). The fraction of sp³-hybridized carbons (Fsp3) is 0.0625. The van der Waals surface area contributed by atoms with Crippen molar-refractivity contribution in [2.24, 2.45) is 7.05 Å². The summed E-state index contributed by atoms with van der Waals surface area (Å²) in [6.07, 6.45) is 4.09. The van der Waals surface area contributed by atoms with E-state index in [2.05, 4.69) is 72.0 Å². The van der Waals surface area contributed by atoms with Crippen LogP contribution in [0, 0.1) is 0 Å². The fourth-order valence-electron chi connectivity index (χ4n) is 2.13. The minimum atomic E-state index is -0.508. The minimum absolute atomic E-state index is 0.508. The van der Waals surface area contributed by atoms with Crippen LogP contribution in [0.25, 0.3) is 0 Å². The van der Waals surface area contributed by atoms with Crippen molar-refractivity contribution in [1.29, 1.82) is 0 Å². The van der Waals surface area contributed by atoms with Crippen molar-refractivity contribution in [3.8, 4) is 0 Å². The third kappa shape index (κ3) is 2.59. The van der Waals surface area contributed by atoms with Crippen LogP contribution < -0.4 is 15.9 Å². The molecule has 0 radical (unpaired) electrons. The third-order valence-corrected chi connectivity index (χ3v) is 5.35. The van der Waals surface area contributed by atoms with Gasteiger partial charge in [0.25, 0.3) is 0 Å². The fourth-order valence-corrected chi connectivity index (χ4v) is 4.41. The Kier molecular flexibility index (Phi) is 3.43. The lowest BCUT2D eigenvalue weighted by molar-refractivity contribution is 0.768. The van der Waals surface area contributed by atoms with E-state index in [1.54, 1.807) is 0 Å². The number of hydrogen-bond acceptors (Lipinski definition) is 1. The summed E-state index contributed by atoms with van der Waals surface area (Å²) >= 11 is 0. The third-order valence-electron chi connectivity index (χ3n) is 2.98. The molecule has 19 heavy (non-hydrogen) atoms. The predicted octanol–water partition coefficient (Wildman–Crippen LogP) is 2.18. The zero-order valence-corrected chi connectivity index (χ0v) is 11.7. The summed E-state index contributed by atoms with van der Waals surface area (Å²) in [7, 11) is 1.46. The van der Waals surface area contributed by atoms with Crippen LogP contribution in [0.1, 0.15) is 0 Å². The largest absolute Gasteiger partial charge is 0.275 e. The summed E-state index contributed by atoms with van der Waals surface area (Å²) in [5.41, 5.74) is 0. The van der Waals surface area contributed by atoms with E-state index in [0.717, 1.165) is 0 Å². The van der Waals surface area contributed by atoms with Gasteiger partial charge in [-0.2, -0.15) is 5.10 Å². The highest BCUT2D eigenvalue weighted by molar-refractivity contribution is 7.79. The first-order valence-electron chi connectivity index (χ1n) is 6.23. The molecule has 0 saturated carbocycles. The van der Waals surface area contributed by atoms with Gasteiger partial charge in [0.2, 0.25) is 0 Å². The number of rotatable bonds is 3. The smallest absolute Gasteiger partial charge is 0.0573 e. The van der Waals surface area contributed by atoms with Gasteiger partial charge >= 0.3 is 0 Å². The Hall–Kier alpha value is -1.92. The lowest BCUT2D eigenvalue weighted by Crippen LogP contribution is -2.19. The Bertz CT molecular complexity index is 607. The predicted molar refractivity (Wildman–Crippen MR) is 81.9 cm³/mol. The number of aromatic nitrogens is 2. The highest BCUT2D eigenvalue weighted by Gasteiger charge is 2.17. The second-order valence-corrected chi connectivity index (χ2v) is 6.60. The lowest BCUT2D eigenvalue weighted by atomic mass is 10.4. The standard InChI is InChI=1S/C16H15N2P/c1-18-13-16(12-17-18)19(14-8-4-2-5-9-14)15-10-6-3-7-11-15/h2-13H,1H3. The molecule has 0 aliphatic carbocycles. The van der Waals surface area contributed by atoms with Crippen LogP contribution in [0.3, 0.4) is 0 Å². The van der Waals surface area contributed by atoms with Gasteiger partial charge in [-0.1, -0.05) is 60.7 Å². The van der Waals surface area contributed by atoms with Gasteiger partial charge in [-0.25, -0.2) is 0 Å². The van der Waals surface area contributed by atoms with Gasteiger partial charge in [-0.15, -0.1) is 0 Å². The molecular formula is C16H15N2P. The van der Waals surface area contributed by atoms with Crippen molar-refractivity contribution >= 4 is 23.8 Å². The van der Waals surface area contributed by atoms with Crippen LogP contribution in [0.15, 0.2) is 73.1 Å². The molecule has 2 nitrogen and oxygen atoms in total. The van der Waals surface area contributed by atoms with Gasteiger partial charge in [0.1, 0.15) is 0 Å². The van der Waals surface area contributed by atoms with E-state index >= 15 is 0 Å². The highest BCUT2D eigenvalue weighted by atomic mass is 31.1. The molecule has 94 valence electrons. The number of hydrogen-bond donors (Lipinski definition) is 0. The van der Waals surface area contributed by atoms with E-state index in [-0.39, 0.29) is 0 Å². The summed E-state index contributed by atoms with van der Waals surface area (Å²) in [6, 6.07) is 21.3. The number of nitrogens with zero attached hydrogens (tertiary/aromatic N) is 2. The van der Waals surface area contributed by atoms with E-state index in [1.165, 1.54) is 15.9 Å². The lowest BCUT2D eigenvalue weighted by Gasteiger charge is -2.16. The molecular weight excluding hydrogens is 251 g/mol. The Labute approximate surface area is 114 Å². The maximum absolute atomic E-state index is 4.32. The molecule has 2 aromatic carbocycles. The van der Waals surface area contributed by atoms with E-state index in [0.29, 0.717) is 0 Å². The molecule has 0 N–H and O–H groups in total. The first-order valence-corrected chi connectivity index (χ1v) is 7.57. The summed E-state index contributed by atoms with van der Waals surface area (Å²) in [6.45, 7) is 0. The van der Waals surface area contributed by atoms with Gasteiger partial charge in [-0.05, 0) is 18.5 Å². The van der Waals surface area contributed by atoms with Crippen LogP contribution in [0.4, 0.5) is 0 Å². The first-order chi connectivity index (χ1) is 9.34. The van der Waals surface area contributed by atoms with Gasteiger partial charge in [0, 0.05) is 18.5 Å². The van der Waals surface area contributed by atoms with Crippen LogP contribution in [0.5, 0.6) is 0 Å². The maximum atomic E-state index is 4.32. The van der Waals surface area contributed by atoms with Crippen molar-refractivity contribution in [2.75, 3.05) is 0 Å². The minimum Gasteiger partial charge on any atom is -0.275 e. The van der Waals surface area contributed by atoms with Gasteiger partial charge in [0.05, 0.1) is 6.20 Å².